The van der Waals surface area contributed by atoms with Crippen LogP contribution in [0.4, 0.5) is 5.69 Å². The minimum Gasteiger partial charge on any atom is -0.379 e. The van der Waals surface area contributed by atoms with E-state index in [1.54, 1.807) is 0 Å². The Morgan fingerprint density at radius 3 is 1.96 bits per heavy atom. The molecule has 1 unspecified atom stereocenters. The number of benzene rings is 2. The van der Waals surface area contributed by atoms with Crippen LogP contribution in [0.3, 0.4) is 0 Å². The summed E-state index contributed by atoms with van der Waals surface area (Å²) < 4.78 is 0. The number of rotatable bonds is 3. The lowest BCUT2D eigenvalue weighted by Crippen LogP contribution is -2.14. The second-order valence-electron chi connectivity index (χ2n) is 9.27. The van der Waals surface area contributed by atoms with Crippen LogP contribution in [-0.2, 0) is 5.41 Å². The molecule has 1 atom stereocenters. The fourth-order valence-electron chi connectivity index (χ4n) is 2.97. The van der Waals surface area contributed by atoms with Gasteiger partial charge in [-0.2, -0.15) is 0 Å². The Bertz CT molecular complexity index is 818. The molecule has 0 aromatic heterocycles. The number of nitrogens with one attached hydrogen (secondary N) is 1. The zero-order valence-electron chi connectivity index (χ0n) is 19.0. The van der Waals surface area contributed by atoms with Crippen LogP contribution in [0.2, 0.25) is 0 Å². The van der Waals surface area contributed by atoms with Gasteiger partial charge in [0.15, 0.2) is 0 Å². The first-order chi connectivity index (χ1) is 13.0. The summed E-state index contributed by atoms with van der Waals surface area (Å²) in [6, 6.07) is 15.5. The van der Waals surface area contributed by atoms with Gasteiger partial charge in [0.2, 0.25) is 0 Å². The topological polar surface area (TPSA) is 12.0 Å². The molecule has 28 heavy (non-hydrogen) atoms. The predicted molar refractivity (Wildman–Crippen MR) is 126 cm³/mol. The van der Waals surface area contributed by atoms with Crippen molar-refractivity contribution in [2.24, 2.45) is 5.41 Å². The predicted octanol–water partition coefficient (Wildman–Crippen LogP) is 7.67. The third kappa shape index (κ3) is 7.28. The van der Waals surface area contributed by atoms with Gasteiger partial charge in [-0.15, -0.1) is 13.2 Å². The molecule has 0 aliphatic heterocycles. The summed E-state index contributed by atoms with van der Waals surface area (Å²) in [6.07, 6.45) is 0. The molecular weight excluding hydrogens is 338 g/mol. The number of hydrogen-bond acceptors (Lipinski definition) is 1. The lowest BCUT2D eigenvalue weighted by molar-refractivity contribution is 0.571. The monoisotopic (exact) mass is 375 g/mol. The van der Waals surface area contributed by atoms with Crippen molar-refractivity contribution in [2.75, 3.05) is 5.32 Å². The van der Waals surface area contributed by atoms with Crippen LogP contribution in [0.25, 0.3) is 0 Å². The minimum absolute atomic E-state index is 0.0315. The van der Waals surface area contributed by atoms with Gasteiger partial charge in [0.1, 0.15) is 0 Å². The van der Waals surface area contributed by atoms with E-state index in [2.05, 4.69) is 128 Å². The van der Waals surface area contributed by atoms with Crippen LogP contribution in [0.15, 0.2) is 55.6 Å². The number of aryl methyl sites for hydroxylation is 1. The van der Waals surface area contributed by atoms with Gasteiger partial charge < -0.3 is 5.32 Å². The van der Waals surface area contributed by atoms with Gasteiger partial charge in [-0.1, -0.05) is 50.8 Å². The van der Waals surface area contributed by atoms with E-state index < -0.39 is 0 Å². The standard InChI is InChI=1S/C25H33N.C2H4/c1-18-9-14-22(17-23(18)25(6,7)8)26-19(2)21-12-10-20(11-13-21)15-16-24(3,4)5;1-2/h9-14,17,19,26H,1-8H3;1-2H2. The molecule has 0 fully saturated rings. The van der Waals surface area contributed by atoms with E-state index in [1.807, 2.05) is 0 Å². The van der Waals surface area contributed by atoms with Crippen LogP contribution in [-0.4, -0.2) is 0 Å². The Hall–Kier alpha value is -2.46. The summed E-state index contributed by atoms with van der Waals surface area (Å²) in [5.41, 5.74) is 6.43. The van der Waals surface area contributed by atoms with Gasteiger partial charge >= 0.3 is 0 Å². The van der Waals surface area contributed by atoms with Crippen LogP contribution < -0.4 is 5.32 Å². The van der Waals surface area contributed by atoms with Crippen molar-refractivity contribution in [3.05, 3.63) is 77.9 Å². The largest absolute Gasteiger partial charge is 0.379 e. The van der Waals surface area contributed by atoms with Gasteiger partial charge in [0, 0.05) is 22.7 Å². The smallest absolute Gasteiger partial charge is 0.0485 e. The van der Waals surface area contributed by atoms with E-state index >= 15 is 0 Å². The van der Waals surface area contributed by atoms with E-state index in [0.29, 0.717) is 0 Å². The summed E-state index contributed by atoms with van der Waals surface area (Å²) in [6.45, 7) is 23.6. The maximum atomic E-state index is 3.64. The van der Waals surface area contributed by atoms with E-state index in [9.17, 15) is 0 Å². The molecule has 1 heteroatoms. The highest BCUT2D eigenvalue weighted by Crippen LogP contribution is 2.29. The van der Waals surface area contributed by atoms with Gasteiger partial charge in [-0.3, -0.25) is 0 Å². The molecule has 0 bridgehead atoms. The van der Waals surface area contributed by atoms with Crippen molar-refractivity contribution in [1.82, 2.24) is 0 Å². The molecule has 150 valence electrons. The summed E-state index contributed by atoms with van der Waals surface area (Å²) >= 11 is 0. The highest BCUT2D eigenvalue weighted by atomic mass is 14.9. The van der Waals surface area contributed by atoms with Crippen molar-refractivity contribution in [3.63, 3.8) is 0 Å². The lowest BCUT2D eigenvalue weighted by Gasteiger charge is -2.24. The Morgan fingerprint density at radius 1 is 0.893 bits per heavy atom. The van der Waals surface area contributed by atoms with Gasteiger partial charge in [0.05, 0.1) is 0 Å². The second kappa shape index (κ2) is 9.65. The Balaban J connectivity index is 0.00000190. The maximum absolute atomic E-state index is 3.64. The molecule has 0 heterocycles. The average Bonchev–Trinajstić information content (AvgIpc) is 2.62. The Labute approximate surface area is 173 Å². The first-order valence-electron chi connectivity index (χ1n) is 9.96. The molecule has 1 nitrogen and oxygen atoms in total. The zero-order valence-corrected chi connectivity index (χ0v) is 19.0. The molecular formula is C27H37N. The van der Waals surface area contributed by atoms with Gasteiger partial charge in [0.25, 0.3) is 0 Å². The van der Waals surface area contributed by atoms with E-state index in [1.165, 1.54) is 22.4 Å². The SMILES string of the molecule is C=C.Cc1ccc(NC(C)c2ccc(C#CC(C)(C)C)cc2)cc1C(C)(C)C. The first kappa shape index (κ1) is 23.6. The molecule has 0 saturated carbocycles. The third-order valence-corrected chi connectivity index (χ3v) is 4.42. The molecule has 0 saturated heterocycles. The van der Waals surface area contributed by atoms with Gasteiger partial charge in [-0.05, 0) is 81.0 Å². The van der Waals surface area contributed by atoms with E-state index in [0.717, 1.165) is 5.56 Å². The summed E-state index contributed by atoms with van der Waals surface area (Å²) in [5, 5.41) is 3.64. The van der Waals surface area contributed by atoms with E-state index in [4.69, 9.17) is 0 Å². The van der Waals surface area contributed by atoms with Crippen LogP contribution >= 0.6 is 0 Å². The van der Waals surface area contributed by atoms with Crippen LogP contribution in [0, 0.1) is 24.2 Å². The van der Waals surface area contributed by atoms with Crippen LogP contribution in [0.1, 0.15) is 76.8 Å². The molecule has 0 aliphatic rings. The lowest BCUT2D eigenvalue weighted by atomic mass is 9.84. The zero-order chi connectivity index (χ0) is 21.5. The normalized spacial score (nSPS) is 12.1. The van der Waals surface area contributed by atoms with Crippen molar-refractivity contribution >= 4 is 5.69 Å². The maximum Gasteiger partial charge on any atom is 0.0485 e. The Kier molecular flexibility index (Phi) is 8.13. The fraction of sp³-hybridized carbons (Fsp3) is 0.407. The number of anilines is 1. The molecule has 1 N–H and O–H groups in total. The van der Waals surface area contributed by atoms with Gasteiger partial charge in [-0.25, -0.2) is 0 Å². The molecule has 0 amide bonds. The second-order valence-corrected chi connectivity index (χ2v) is 9.27. The highest BCUT2D eigenvalue weighted by Gasteiger charge is 2.17. The Morgan fingerprint density at radius 2 is 1.46 bits per heavy atom. The van der Waals surface area contributed by atoms with Crippen molar-refractivity contribution in [3.8, 4) is 11.8 Å². The molecule has 2 aromatic carbocycles. The summed E-state index contributed by atoms with van der Waals surface area (Å²) in [4.78, 5) is 0. The van der Waals surface area contributed by atoms with E-state index in [-0.39, 0.29) is 16.9 Å². The quantitative estimate of drug-likeness (QED) is 0.429. The molecule has 0 spiro atoms. The van der Waals surface area contributed by atoms with Crippen molar-refractivity contribution in [1.29, 1.82) is 0 Å². The molecule has 2 aromatic rings. The average molecular weight is 376 g/mol. The highest BCUT2D eigenvalue weighted by molar-refractivity contribution is 5.52. The summed E-state index contributed by atoms with van der Waals surface area (Å²) in [5.74, 6) is 6.55. The number of hydrogen-bond donors (Lipinski definition) is 1. The van der Waals surface area contributed by atoms with Crippen molar-refractivity contribution < 1.29 is 0 Å². The van der Waals surface area contributed by atoms with Crippen molar-refractivity contribution in [2.45, 2.75) is 66.8 Å². The minimum atomic E-state index is 0.0315. The fourth-order valence-corrected chi connectivity index (χ4v) is 2.97. The summed E-state index contributed by atoms with van der Waals surface area (Å²) in [7, 11) is 0. The third-order valence-electron chi connectivity index (χ3n) is 4.42. The van der Waals surface area contributed by atoms with Crippen LogP contribution in [0.5, 0.6) is 0 Å². The first-order valence-corrected chi connectivity index (χ1v) is 9.96. The molecule has 0 aliphatic carbocycles. The molecule has 0 radical (unpaired) electrons. The molecule has 2 rings (SSSR count).